The lowest BCUT2D eigenvalue weighted by atomic mass is 9.86. The van der Waals surface area contributed by atoms with Crippen molar-refractivity contribution in [1.29, 1.82) is 0 Å². The molecule has 1 aliphatic rings. The lowest BCUT2D eigenvalue weighted by molar-refractivity contribution is -0.161. The summed E-state index contributed by atoms with van der Waals surface area (Å²) in [5, 5.41) is 9.44. The Balaban J connectivity index is 2.35. The molecule has 108 valence electrons. The van der Waals surface area contributed by atoms with Crippen molar-refractivity contribution in [1.82, 2.24) is 0 Å². The summed E-state index contributed by atoms with van der Waals surface area (Å²) in [6, 6.07) is 9.17. The third kappa shape index (κ3) is 2.82. The van der Waals surface area contributed by atoms with Crippen LogP contribution in [-0.2, 0) is 14.3 Å². The summed E-state index contributed by atoms with van der Waals surface area (Å²) in [7, 11) is 0. The van der Waals surface area contributed by atoms with Gasteiger partial charge in [0.25, 0.3) is 5.91 Å². The van der Waals surface area contributed by atoms with Crippen LogP contribution in [0.25, 0.3) is 0 Å². The van der Waals surface area contributed by atoms with Gasteiger partial charge in [-0.05, 0) is 12.1 Å². The highest BCUT2D eigenvalue weighted by Gasteiger charge is 2.42. The third-order valence-corrected chi connectivity index (χ3v) is 3.46. The maximum Gasteiger partial charge on any atom is 0.308 e. The number of anilines is 1. The average Bonchev–Trinajstić information content (AvgIpc) is 2.60. The van der Waals surface area contributed by atoms with Crippen molar-refractivity contribution >= 4 is 17.6 Å². The zero-order valence-electron chi connectivity index (χ0n) is 11.7. The minimum absolute atomic E-state index is 0.151. The van der Waals surface area contributed by atoms with Gasteiger partial charge in [0.15, 0.2) is 6.10 Å². The number of para-hydroxylation sites is 1. The maximum absolute atomic E-state index is 12.6. The molecule has 0 aliphatic carbocycles. The number of rotatable bonds is 3. The van der Waals surface area contributed by atoms with Crippen LogP contribution in [0.3, 0.4) is 0 Å². The first-order valence-electron chi connectivity index (χ1n) is 6.62. The van der Waals surface area contributed by atoms with E-state index in [-0.39, 0.29) is 18.9 Å². The standard InChI is InChI=1S/C15H19NO4/c1-15(2,10-17)13-14(19)16(9-8-12(18)20-13)11-6-4-3-5-7-11/h3-7,13,17H,8-10H2,1-2H3/t13-/m0/s1. The van der Waals surface area contributed by atoms with Gasteiger partial charge >= 0.3 is 5.97 Å². The van der Waals surface area contributed by atoms with E-state index in [1.165, 1.54) is 0 Å². The molecular formula is C15H19NO4. The van der Waals surface area contributed by atoms with Crippen molar-refractivity contribution in [2.75, 3.05) is 18.1 Å². The number of ether oxygens (including phenoxy) is 1. The number of cyclic esters (lactones) is 1. The number of aliphatic hydroxyl groups excluding tert-OH is 1. The van der Waals surface area contributed by atoms with Gasteiger partial charge in [-0.25, -0.2) is 0 Å². The summed E-state index contributed by atoms with van der Waals surface area (Å²) in [6.07, 6.45) is -0.818. The molecule has 0 radical (unpaired) electrons. The molecule has 5 heteroatoms. The van der Waals surface area contributed by atoms with Crippen LogP contribution >= 0.6 is 0 Å². The van der Waals surface area contributed by atoms with E-state index in [9.17, 15) is 14.7 Å². The van der Waals surface area contributed by atoms with Crippen LogP contribution in [-0.4, -0.2) is 36.2 Å². The van der Waals surface area contributed by atoms with E-state index < -0.39 is 17.5 Å². The number of nitrogens with zero attached hydrogens (tertiary/aromatic N) is 1. The van der Waals surface area contributed by atoms with Gasteiger partial charge in [-0.2, -0.15) is 0 Å². The SMILES string of the molecule is CC(C)(CO)[C@H]1OC(=O)CCN(c2ccccc2)C1=O. The molecule has 1 atom stereocenters. The Morgan fingerprint density at radius 2 is 1.95 bits per heavy atom. The number of esters is 1. The van der Waals surface area contributed by atoms with Gasteiger partial charge in [0.05, 0.1) is 13.0 Å². The Bertz CT molecular complexity index is 498. The normalized spacial score (nSPS) is 20.6. The molecule has 1 amide bonds. The van der Waals surface area contributed by atoms with E-state index in [0.717, 1.165) is 5.69 Å². The molecule has 1 heterocycles. The molecule has 1 saturated heterocycles. The maximum atomic E-state index is 12.6. The molecule has 1 aliphatic heterocycles. The third-order valence-electron chi connectivity index (χ3n) is 3.46. The molecule has 1 aromatic rings. The Hall–Kier alpha value is -1.88. The lowest BCUT2D eigenvalue weighted by Gasteiger charge is -2.32. The Morgan fingerprint density at radius 1 is 1.30 bits per heavy atom. The van der Waals surface area contributed by atoms with E-state index in [2.05, 4.69) is 0 Å². The first kappa shape index (κ1) is 14.5. The summed E-state index contributed by atoms with van der Waals surface area (Å²) >= 11 is 0. The van der Waals surface area contributed by atoms with Crippen molar-refractivity contribution < 1.29 is 19.4 Å². The molecule has 1 N–H and O–H groups in total. The van der Waals surface area contributed by atoms with E-state index in [1.807, 2.05) is 30.3 Å². The van der Waals surface area contributed by atoms with Crippen LogP contribution in [0.1, 0.15) is 20.3 Å². The Morgan fingerprint density at radius 3 is 2.55 bits per heavy atom. The summed E-state index contributed by atoms with van der Waals surface area (Å²) in [5.74, 6) is -0.704. The van der Waals surface area contributed by atoms with Crippen molar-refractivity contribution in [3.8, 4) is 0 Å². The summed E-state index contributed by atoms with van der Waals surface area (Å²) in [4.78, 5) is 25.9. The highest BCUT2D eigenvalue weighted by Crippen LogP contribution is 2.29. The first-order chi connectivity index (χ1) is 9.45. The van der Waals surface area contributed by atoms with E-state index >= 15 is 0 Å². The largest absolute Gasteiger partial charge is 0.451 e. The molecule has 20 heavy (non-hydrogen) atoms. The van der Waals surface area contributed by atoms with E-state index in [1.54, 1.807) is 18.7 Å². The van der Waals surface area contributed by atoms with Crippen molar-refractivity contribution in [2.45, 2.75) is 26.4 Å². The number of aliphatic hydroxyl groups is 1. The van der Waals surface area contributed by atoms with Gasteiger partial charge in [-0.15, -0.1) is 0 Å². The average molecular weight is 277 g/mol. The molecule has 1 aromatic carbocycles. The molecular weight excluding hydrogens is 258 g/mol. The Labute approximate surface area is 118 Å². The van der Waals surface area contributed by atoms with Crippen LogP contribution < -0.4 is 4.90 Å². The van der Waals surface area contributed by atoms with Crippen LogP contribution in [0.4, 0.5) is 5.69 Å². The molecule has 0 saturated carbocycles. The summed E-state index contributed by atoms with van der Waals surface area (Å²) in [6.45, 7) is 3.47. The summed E-state index contributed by atoms with van der Waals surface area (Å²) in [5.41, 5.74) is -0.0843. The van der Waals surface area contributed by atoms with Crippen LogP contribution in [0.2, 0.25) is 0 Å². The van der Waals surface area contributed by atoms with Gasteiger partial charge < -0.3 is 14.7 Å². The number of hydrogen-bond acceptors (Lipinski definition) is 4. The molecule has 2 rings (SSSR count). The smallest absolute Gasteiger partial charge is 0.308 e. The summed E-state index contributed by atoms with van der Waals surface area (Å²) < 4.78 is 5.24. The van der Waals surface area contributed by atoms with E-state index in [0.29, 0.717) is 6.54 Å². The van der Waals surface area contributed by atoms with Gasteiger partial charge in [-0.1, -0.05) is 32.0 Å². The van der Waals surface area contributed by atoms with Gasteiger partial charge in [0.2, 0.25) is 0 Å². The van der Waals surface area contributed by atoms with Crippen LogP contribution in [0, 0.1) is 5.41 Å². The minimum Gasteiger partial charge on any atom is -0.451 e. The fourth-order valence-electron chi connectivity index (χ4n) is 2.14. The van der Waals surface area contributed by atoms with Gasteiger partial charge in [0.1, 0.15) is 0 Å². The number of carbonyl (C=O) groups is 2. The van der Waals surface area contributed by atoms with Crippen molar-refractivity contribution in [3.63, 3.8) is 0 Å². The molecule has 0 spiro atoms. The topological polar surface area (TPSA) is 66.8 Å². The lowest BCUT2D eigenvalue weighted by Crippen LogP contribution is -2.48. The number of hydrogen-bond donors (Lipinski definition) is 1. The zero-order chi connectivity index (χ0) is 14.8. The fraction of sp³-hybridized carbons (Fsp3) is 0.467. The molecule has 1 fully saturated rings. The predicted molar refractivity (Wildman–Crippen MR) is 74.2 cm³/mol. The number of benzene rings is 1. The number of amides is 1. The van der Waals surface area contributed by atoms with Gasteiger partial charge in [-0.3, -0.25) is 9.59 Å². The zero-order valence-corrected chi connectivity index (χ0v) is 11.7. The highest BCUT2D eigenvalue weighted by atomic mass is 16.6. The quantitative estimate of drug-likeness (QED) is 0.847. The minimum atomic E-state index is -0.970. The second kappa shape index (κ2) is 5.63. The monoisotopic (exact) mass is 277 g/mol. The highest BCUT2D eigenvalue weighted by molar-refractivity contribution is 5.99. The number of carbonyl (C=O) groups excluding carboxylic acids is 2. The van der Waals surface area contributed by atoms with Crippen LogP contribution in [0.5, 0.6) is 0 Å². The van der Waals surface area contributed by atoms with Crippen molar-refractivity contribution in [2.24, 2.45) is 5.41 Å². The van der Waals surface area contributed by atoms with Crippen molar-refractivity contribution in [3.05, 3.63) is 30.3 Å². The predicted octanol–water partition coefficient (Wildman–Crippen LogP) is 1.35. The second-order valence-corrected chi connectivity index (χ2v) is 5.59. The molecule has 5 nitrogen and oxygen atoms in total. The molecule has 0 unspecified atom stereocenters. The second-order valence-electron chi connectivity index (χ2n) is 5.59. The van der Waals surface area contributed by atoms with Crippen LogP contribution in [0.15, 0.2) is 30.3 Å². The molecule has 0 aromatic heterocycles. The molecule has 0 bridgehead atoms. The first-order valence-corrected chi connectivity index (χ1v) is 6.62. The van der Waals surface area contributed by atoms with E-state index in [4.69, 9.17) is 4.74 Å². The fourth-order valence-corrected chi connectivity index (χ4v) is 2.14. The Kier molecular flexibility index (Phi) is 4.09. The van der Waals surface area contributed by atoms with Gasteiger partial charge in [0, 0.05) is 17.6 Å².